The summed E-state index contributed by atoms with van der Waals surface area (Å²) in [4.78, 5) is 30.2. The zero-order valence-electron chi connectivity index (χ0n) is 19.0. The van der Waals surface area contributed by atoms with Gasteiger partial charge in [-0.2, -0.15) is 21.6 Å². The maximum Gasteiger partial charge on any atom is 0.416 e. The van der Waals surface area contributed by atoms with Gasteiger partial charge < -0.3 is 10.1 Å². The fourth-order valence-corrected chi connectivity index (χ4v) is 3.59. The second-order valence-corrected chi connectivity index (χ2v) is 8.21. The zero-order chi connectivity index (χ0) is 28.0. The number of ketones is 1. The van der Waals surface area contributed by atoms with Crippen molar-refractivity contribution in [2.75, 3.05) is 0 Å². The normalized spacial score (nSPS) is 11.0. The van der Waals surface area contributed by atoms with E-state index in [-0.39, 0.29) is 29.4 Å². The standard InChI is InChI=1S/C17H11F2N3O5S.C7H5F3/c18-11-2-3-12(22-28(26)27)15(19)14(11)16(25)10-7-21-17-9(10)5-8(6-20-17)1-4-13(23)24;8-7(9,10)6-4-2-1-3-5-6/h2-3,5-7H,1,4H2,(H,20,21)(H,23,24);1-5H. The molecule has 0 radical (unpaired) electrons. The monoisotopic (exact) mass is 553 g/mol. The van der Waals surface area contributed by atoms with E-state index in [4.69, 9.17) is 5.11 Å². The van der Waals surface area contributed by atoms with Crippen LogP contribution in [0.4, 0.5) is 27.6 Å². The summed E-state index contributed by atoms with van der Waals surface area (Å²) < 4.78 is 88.4. The Labute approximate surface area is 212 Å². The highest BCUT2D eigenvalue weighted by atomic mass is 32.2. The highest BCUT2D eigenvalue weighted by Gasteiger charge is 2.29. The van der Waals surface area contributed by atoms with E-state index in [1.807, 2.05) is 0 Å². The van der Waals surface area contributed by atoms with Gasteiger partial charge in [0, 0.05) is 29.8 Å². The number of aromatic nitrogens is 2. The predicted molar refractivity (Wildman–Crippen MR) is 124 cm³/mol. The van der Waals surface area contributed by atoms with Crippen molar-refractivity contribution < 1.29 is 45.1 Å². The summed E-state index contributed by atoms with van der Waals surface area (Å²) in [5, 5.41) is 9.02. The Balaban J connectivity index is 0.000000336. The van der Waals surface area contributed by atoms with Crippen LogP contribution in [0, 0.1) is 11.6 Å². The maximum absolute atomic E-state index is 14.5. The minimum Gasteiger partial charge on any atom is -0.481 e. The molecule has 0 aliphatic carbocycles. The molecule has 14 heteroatoms. The largest absolute Gasteiger partial charge is 0.481 e. The maximum atomic E-state index is 14.5. The number of alkyl halides is 3. The first-order chi connectivity index (χ1) is 17.9. The smallest absolute Gasteiger partial charge is 0.416 e. The molecule has 0 aliphatic rings. The van der Waals surface area contributed by atoms with Crippen molar-refractivity contribution >= 4 is 39.0 Å². The van der Waals surface area contributed by atoms with Crippen LogP contribution in [0.2, 0.25) is 0 Å². The number of hydrogen-bond acceptors (Lipinski definition) is 6. The number of hydrogen-bond donors (Lipinski definition) is 2. The number of pyridine rings is 1. The fraction of sp³-hybridized carbons (Fsp3) is 0.125. The molecule has 2 heterocycles. The molecular formula is C24H16F5N3O5S. The number of nitrogens with zero attached hydrogens (tertiary/aromatic N) is 2. The molecule has 198 valence electrons. The van der Waals surface area contributed by atoms with Crippen LogP contribution in [-0.4, -0.2) is 35.2 Å². The fourth-order valence-electron chi connectivity index (χ4n) is 3.28. The lowest BCUT2D eigenvalue weighted by molar-refractivity contribution is -0.138. The van der Waals surface area contributed by atoms with Gasteiger partial charge in [-0.15, -0.1) is 4.36 Å². The Morgan fingerprint density at radius 2 is 1.74 bits per heavy atom. The molecule has 38 heavy (non-hydrogen) atoms. The average Bonchev–Trinajstić information content (AvgIpc) is 3.28. The molecule has 4 rings (SSSR count). The minimum atomic E-state index is -4.21. The number of fused-ring (bicyclic) bond motifs is 1. The predicted octanol–water partition coefficient (Wildman–Crippen LogP) is 5.49. The number of carboxylic acids is 1. The topological polar surface area (TPSA) is 130 Å². The Hall–Kier alpha value is -4.46. The summed E-state index contributed by atoms with van der Waals surface area (Å²) >= 11 is 0. The Kier molecular flexibility index (Phi) is 8.68. The van der Waals surface area contributed by atoms with E-state index < -0.39 is 56.9 Å². The number of nitrogens with one attached hydrogen (secondary N) is 1. The van der Waals surface area contributed by atoms with E-state index in [1.54, 1.807) is 6.07 Å². The number of aryl methyl sites for hydroxylation is 1. The number of aromatic amines is 1. The Bertz CT molecular complexity index is 1630. The highest BCUT2D eigenvalue weighted by Crippen LogP contribution is 2.29. The lowest BCUT2D eigenvalue weighted by atomic mass is 10.0. The van der Waals surface area contributed by atoms with Crippen molar-refractivity contribution in [3.63, 3.8) is 0 Å². The molecule has 2 N–H and O–H groups in total. The van der Waals surface area contributed by atoms with Crippen LogP contribution >= 0.6 is 0 Å². The summed E-state index contributed by atoms with van der Waals surface area (Å²) in [5.74, 6) is -4.63. The first-order valence-corrected chi connectivity index (χ1v) is 11.6. The quantitative estimate of drug-likeness (QED) is 0.240. The van der Waals surface area contributed by atoms with Gasteiger partial charge >= 0.3 is 22.6 Å². The first-order valence-electron chi connectivity index (χ1n) is 10.5. The number of carbonyl (C=O) groups is 2. The van der Waals surface area contributed by atoms with E-state index in [9.17, 15) is 40.0 Å². The van der Waals surface area contributed by atoms with Crippen molar-refractivity contribution in [3.05, 3.63) is 94.8 Å². The van der Waals surface area contributed by atoms with Gasteiger partial charge in [0.1, 0.15) is 17.2 Å². The van der Waals surface area contributed by atoms with Gasteiger partial charge in [0.05, 0.1) is 11.1 Å². The molecule has 4 aromatic rings. The van der Waals surface area contributed by atoms with Crippen molar-refractivity contribution in [2.45, 2.75) is 19.0 Å². The van der Waals surface area contributed by atoms with Gasteiger partial charge in [0.15, 0.2) is 5.82 Å². The summed E-state index contributed by atoms with van der Waals surface area (Å²) in [6, 6.07) is 9.41. The third kappa shape index (κ3) is 6.85. The van der Waals surface area contributed by atoms with Gasteiger partial charge in [-0.3, -0.25) is 9.59 Å². The summed E-state index contributed by atoms with van der Waals surface area (Å²) in [6.07, 6.45) is -1.56. The lowest BCUT2D eigenvalue weighted by Crippen LogP contribution is -2.07. The Morgan fingerprint density at radius 3 is 2.32 bits per heavy atom. The highest BCUT2D eigenvalue weighted by molar-refractivity contribution is 7.61. The van der Waals surface area contributed by atoms with Gasteiger partial charge in [0.25, 0.3) is 0 Å². The van der Waals surface area contributed by atoms with Gasteiger partial charge in [0.2, 0.25) is 5.78 Å². The number of carbonyl (C=O) groups excluding carboxylic acids is 1. The van der Waals surface area contributed by atoms with E-state index in [1.165, 1.54) is 30.6 Å². The van der Waals surface area contributed by atoms with Crippen LogP contribution in [-0.2, 0) is 27.9 Å². The van der Waals surface area contributed by atoms with Crippen LogP contribution in [0.3, 0.4) is 0 Å². The van der Waals surface area contributed by atoms with E-state index in [2.05, 4.69) is 14.3 Å². The molecule has 0 fully saturated rings. The second kappa shape index (κ2) is 11.7. The summed E-state index contributed by atoms with van der Waals surface area (Å²) in [7, 11) is -2.99. The van der Waals surface area contributed by atoms with Crippen molar-refractivity contribution in [3.8, 4) is 0 Å². The molecule has 0 unspecified atom stereocenters. The summed E-state index contributed by atoms with van der Waals surface area (Å²) in [6.45, 7) is 0. The van der Waals surface area contributed by atoms with E-state index >= 15 is 0 Å². The lowest BCUT2D eigenvalue weighted by Gasteiger charge is -2.06. The van der Waals surface area contributed by atoms with Crippen LogP contribution < -0.4 is 0 Å². The molecule has 0 spiro atoms. The number of halogens is 5. The number of benzene rings is 2. The van der Waals surface area contributed by atoms with Crippen molar-refractivity contribution in [1.82, 2.24) is 9.97 Å². The molecular weight excluding hydrogens is 537 g/mol. The van der Waals surface area contributed by atoms with Gasteiger partial charge in [-0.05, 0) is 30.2 Å². The van der Waals surface area contributed by atoms with Crippen LogP contribution in [0.25, 0.3) is 11.0 Å². The summed E-state index contributed by atoms with van der Waals surface area (Å²) in [5.41, 5.74) is -1.56. The van der Waals surface area contributed by atoms with Gasteiger partial charge in [-0.1, -0.05) is 30.3 Å². The number of rotatable bonds is 6. The molecule has 8 nitrogen and oxygen atoms in total. The third-order valence-corrected chi connectivity index (χ3v) is 5.38. The molecule has 0 bridgehead atoms. The number of aliphatic carboxylic acids is 1. The molecule has 0 saturated heterocycles. The second-order valence-electron chi connectivity index (χ2n) is 7.59. The molecule has 0 amide bonds. The molecule has 0 saturated carbocycles. The number of H-pyrrole nitrogens is 1. The van der Waals surface area contributed by atoms with Crippen LogP contribution in [0.15, 0.2) is 65.3 Å². The van der Waals surface area contributed by atoms with Crippen LogP contribution in [0.5, 0.6) is 0 Å². The van der Waals surface area contributed by atoms with E-state index in [0.717, 1.165) is 24.3 Å². The third-order valence-electron chi connectivity index (χ3n) is 5.03. The number of carboxylic acid groups (broad SMARTS) is 1. The molecule has 2 aromatic carbocycles. The average molecular weight is 553 g/mol. The van der Waals surface area contributed by atoms with Crippen molar-refractivity contribution in [1.29, 1.82) is 0 Å². The SMILES string of the molecule is FC(F)(F)c1ccccc1.O=C(O)CCc1cnc2[nH]cc(C(=O)c3c(F)ccc(N=S(=O)=O)c3F)c2c1. The molecule has 0 atom stereocenters. The molecule has 2 aromatic heterocycles. The van der Waals surface area contributed by atoms with Crippen LogP contribution in [0.1, 0.15) is 33.5 Å². The zero-order valence-corrected chi connectivity index (χ0v) is 19.8. The minimum absolute atomic E-state index is 0.0992. The molecule has 0 aliphatic heterocycles. The Morgan fingerprint density at radius 1 is 1.05 bits per heavy atom. The van der Waals surface area contributed by atoms with Gasteiger partial charge in [-0.25, -0.2) is 13.8 Å². The van der Waals surface area contributed by atoms with E-state index in [0.29, 0.717) is 5.56 Å². The first kappa shape index (κ1) is 28.1. The van der Waals surface area contributed by atoms with Crippen molar-refractivity contribution in [2.24, 2.45) is 4.36 Å².